The van der Waals surface area contributed by atoms with Crippen molar-refractivity contribution in [3.8, 4) is 0 Å². The lowest BCUT2D eigenvalue weighted by atomic mass is 9.99. The largest absolute Gasteiger partial charge is 0.396 e. The molecule has 0 saturated carbocycles. The highest BCUT2D eigenvalue weighted by Crippen LogP contribution is 2.23. The smallest absolute Gasteiger partial charge is 0.274 e. The van der Waals surface area contributed by atoms with Crippen LogP contribution in [0.3, 0.4) is 0 Å². The number of piperidine rings is 1. The van der Waals surface area contributed by atoms with E-state index in [0.717, 1.165) is 51.3 Å². The number of nitrogens with one attached hydrogen (secondary N) is 1. The highest BCUT2D eigenvalue weighted by atomic mass is 16.3. The van der Waals surface area contributed by atoms with E-state index in [9.17, 15) is 4.79 Å². The van der Waals surface area contributed by atoms with Gasteiger partial charge >= 0.3 is 0 Å². The number of nitrogens with zero attached hydrogens (tertiary/aromatic N) is 3. The Kier molecular flexibility index (Phi) is 3.91. The summed E-state index contributed by atoms with van der Waals surface area (Å²) in [5, 5.41) is 12.4. The second-order valence-electron chi connectivity index (χ2n) is 5.58. The number of carbonyl (C=O) groups excluding carboxylic acids is 1. The molecule has 0 radical (unpaired) electrons. The van der Waals surface area contributed by atoms with Crippen LogP contribution < -0.4 is 5.32 Å². The Morgan fingerprint density at radius 1 is 1.40 bits per heavy atom. The number of rotatable bonds is 3. The Bertz CT molecular complexity index is 460. The summed E-state index contributed by atoms with van der Waals surface area (Å²) in [5.41, 5.74) is 0.527. The van der Waals surface area contributed by atoms with Crippen LogP contribution >= 0.6 is 0 Å². The number of fused-ring (bicyclic) bond motifs is 1. The van der Waals surface area contributed by atoms with Crippen molar-refractivity contribution in [2.75, 3.05) is 25.0 Å². The normalized spacial score (nSPS) is 22.2. The standard InChI is InChI=1S/C14H22N4O2/c19-9-5-11-4-1-2-8-18(11)13(20)12-10-17-7-3-6-15-14(17)16-12/h10-11,19H,1-9H2,(H,15,16). The van der Waals surface area contributed by atoms with Crippen molar-refractivity contribution >= 4 is 11.9 Å². The number of imidazole rings is 1. The number of aromatic nitrogens is 2. The Hall–Kier alpha value is -1.56. The molecule has 2 aliphatic heterocycles. The fourth-order valence-electron chi connectivity index (χ4n) is 3.14. The quantitative estimate of drug-likeness (QED) is 0.868. The van der Waals surface area contributed by atoms with Gasteiger partial charge in [0.15, 0.2) is 0 Å². The van der Waals surface area contributed by atoms with Gasteiger partial charge in [0, 0.05) is 38.5 Å². The van der Waals surface area contributed by atoms with E-state index in [-0.39, 0.29) is 18.6 Å². The molecule has 3 rings (SSSR count). The number of anilines is 1. The number of carbonyl (C=O) groups is 1. The fraction of sp³-hybridized carbons (Fsp3) is 0.714. The molecule has 20 heavy (non-hydrogen) atoms. The molecular formula is C14H22N4O2. The summed E-state index contributed by atoms with van der Waals surface area (Å²) >= 11 is 0. The zero-order valence-corrected chi connectivity index (χ0v) is 11.7. The molecule has 6 nitrogen and oxygen atoms in total. The van der Waals surface area contributed by atoms with Crippen LogP contribution in [0, 0.1) is 0 Å². The van der Waals surface area contributed by atoms with Crippen LogP contribution in [-0.2, 0) is 6.54 Å². The second-order valence-corrected chi connectivity index (χ2v) is 5.58. The van der Waals surface area contributed by atoms with Crippen LogP contribution in [0.2, 0.25) is 0 Å². The van der Waals surface area contributed by atoms with Gasteiger partial charge in [-0.1, -0.05) is 0 Å². The summed E-state index contributed by atoms with van der Waals surface area (Å²) in [7, 11) is 0. The van der Waals surface area contributed by atoms with Gasteiger partial charge < -0.3 is 19.9 Å². The molecule has 1 fully saturated rings. The van der Waals surface area contributed by atoms with Gasteiger partial charge in [0.2, 0.25) is 5.95 Å². The second kappa shape index (κ2) is 5.83. The summed E-state index contributed by atoms with van der Waals surface area (Å²) in [5.74, 6) is 0.808. The van der Waals surface area contributed by atoms with E-state index >= 15 is 0 Å². The average molecular weight is 278 g/mol. The summed E-state index contributed by atoms with van der Waals surface area (Å²) < 4.78 is 2.02. The predicted octanol–water partition coefficient (Wildman–Crippen LogP) is 1.08. The van der Waals surface area contributed by atoms with E-state index in [2.05, 4.69) is 10.3 Å². The van der Waals surface area contributed by atoms with E-state index in [1.807, 2.05) is 15.7 Å². The Labute approximate surface area is 118 Å². The molecule has 1 amide bonds. The van der Waals surface area contributed by atoms with Crippen LogP contribution in [0.4, 0.5) is 5.95 Å². The number of likely N-dealkylation sites (tertiary alicyclic amines) is 1. The SMILES string of the molecule is O=C(c1cn2c(n1)NCCC2)N1CCCCC1CCO. The molecule has 3 heterocycles. The maximum Gasteiger partial charge on any atom is 0.274 e. The number of hydrogen-bond donors (Lipinski definition) is 2. The first-order valence-electron chi connectivity index (χ1n) is 7.52. The molecule has 0 bridgehead atoms. The topological polar surface area (TPSA) is 70.4 Å². The maximum absolute atomic E-state index is 12.6. The van der Waals surface area contributed by atoms with Gasteiger partial charge in [0.25, 0.3) is 5.91 Å². The summed E-state index contributed by atoms with van der Waals surface area (Å²) in [4.78, 5) is 19.0. The Morgan fingerprint density at radius 3 is 3.10 bits per heavy atom. The molecule has 6 heteroatoms. The van der Waals surface area contributed by atoms with Gasteiger partial charge in [0.1, 0.15) is 5.69 Å². The van der Waals surface area contributed by atoms with Crippen LogP contribution in [0.25, 0.3) is 0 Å². The summed E-state index contributed by atoms with van der Waals surface area (Å²) in [6.45, 7) is 2.75. The first kappa shape index (κ1) is 13.4. The molecule has 2 aliphatic rings. The predicted molar refractivity (Wildman–Crippen MR) is 75.7 cm³/mol. The average Bonchev–Trinajstić information content (AvgIpc) is 2.91. The van der Waals surface area contributed by atoms with Gasteiger partial charge in [-0.3, -0.25) is 4.79 Å². The molecule has 110 valence electrons. The van der Waals surface area contributed by atoms with Crippen molar-refractivity contribution < 1.29 is 9.90 Å². The van der Waals surface area contributed by atoms with Crippen LogP contribution in [0.15, 0.2) is 6.20 Å². The monoisotopic (exact) mass is 278 g/mol. The van der Waals surface area contributed by atoms with E-state index < -0.39 is 0 Å². The number of amides is 1. The lowest BCUT2D eigenvalue weighted by Gasteiger charge is -2.35. The molecule has 2 N–H and O–H groups in total. The van der Waals surface area contributed by atoms with E-state index in [1.165, 1.54) is 0 Å². The molecule has 1 unspecified atom stereocenters. The number of aliphatic hydroxyl groups is 1. The van der Waals surface area contributed by atoms with Crippen molar-refractivity contribution in [1.29, 1.82) is 0 Å². The third-order valence-corrected chi connectivity index (χ3v) is 4.20. The molecular weight excluding hydrogens is 256 g/mol. The van der Waals surface area contributed by atoms with Crippen LogP contribution in [0.1, 0.15) is 42.6 Å². The minimum Gasteiger partial charge on any atom is -0.396 e. The molecule has 1 aromatic heterocycles. The summed E-state index contributed by atoms with van der Waals surface area (Å²) in [6, 6.07) is 0.160. The van der Waals surface area contributed by atoms with Gasteiger partial charge in [-0.05, 0) is 32.1 Å². The number of hydrogen-bond acceptors (Lipinski definition) is 4. The molecule has 1 atom stereocenters. The highest BCUT2D eigenvalue weighted by molar-refractivity contribution is 5.93. The lowest BCUT2D eigenvalue weighted by Crippen LogP contribution is -2.44. The van der Waals surface area contributed by atoms with Crippen molar-refractivity contribution in [3.63, 3.8) is 0 Å². The minimum atomic E-state index is 0.00634. The first-order valence-corrected chi connectivity index (χ1v) is 7.52. The van der Waals surface area contributed by atoms with E-state index in [1.54, 1.807) is 0 Å². The third kappa shape index (κ3) is 2.52. The minimum absolute atomic E-state index is 0.00634. The van der Waals surface area contributed by atoms with Gasteiger partial charge in [-0.2, -0.15) is 0 Å². The Morgan fingerprint density at radius 2 is 2.30 bits per heavy atom. The van der Waals surface area contributed by atoms with Crippen molar-refractivity contribution in [3.05, 3.63) is 11.9 Å². The van der Waals surface area contributed by atoms with Crippen molar-refractivity contribution in [2.24, 2.45) is 0 Å². The van der Waals surface area contributed by atoms with Gasteiger partial charge in [-0.25, -0.2) is 4.98 Å². The van der Waals surface area contributed by atoms with Crippen molar-refractivity contribution in [1.82, 2.24) is 14.5 Å². The highest BCUT2D eigenvalue weighted by Gasteiger charge is 2.29. The zero-order chi connectivity index (χ0) is 13.9. The summed E-state index contributed by atoms with van der Waals surface area (Å²) in [6.07, 6.45) is 6.74. The molecule has 0 aromatic carbocycles. The molecule has 0 aliphatic carbocycles. The third-order valence-electron chi connectivity index (χ3n) is 4.20. The van der Waals surface area contributed by atoms with Crippen LogP contribution in [0.5, 0.6) is 0 Å². The fourth-order valence-corrected chi connectivity index (χ4v) is 3.14. The lowest BCUT2D eigenvalue weighted by molar-refractivity contribution is 0.0569. The van der Waals surface area contributed by atoms with Gasteiger partial charge in [-0.15, -0.1) is 0 Å². The zero-order valence-electron chi connectivity index (χ0n) is 11.7. The Balaban J connectivity index is 1.78. The molecule has 1 aromatic rings. The van der Waals surface area contributed by atoms with E-state index in [4.69, 9.17) is 5.11 Å². The first-order chi connectivity index (χ1) is 9.79. The molecule has 1 saturated heterocycles. The molecule has 0 spiro atoms. The van der Waals surface area contributed by atoms with Crippen molar-refractivity contribution in [2.45, 2.75) is 44.7 Å². The number of aryl methyl sites for hydroxylation is 1. The van der Waals surface area contributed by atoms with E-state index in [0.29, 0.717) is 12.1 Å². The number of aliphatic hydroxyl groups excluding tert-OH is 1. The maximum atomic E-state index is 12.6. The van der Waals surface area contributed by atoms with Gasteiger partial charge in [0.05, 0.1) is 0 Å². The van der Waals surface area contributed by atoms with Crippen LogP contribution in [-0.4, -0.2) is 51.2 Å².